The molecule has 7 unspecified atom stereocenters. The third-order valence-electron chi connectivity index (χ3n) is 11.0. The van der Waals surface area contributed by atoms with E-state index in [1.807, 2.05) is 6.08 Å². The number of rotatable bonds is 39. The summed E-state index contributed by atoms with van der Waals surface area (Å²) in [4.78, 5) is 13.0. The summed E-state index contributed by atoms with van der Waals surface area (Å²) in [6.45, 7) is 3.71. The largest absolute Gasteiger partial charge is 0.394 e. The van der Waals surface area contributed by atoms with Gasteiger partial charge in [0.2, 0.25) is 5.91 Å². The summed E-state index contributed by atoms with van der Waals surface area (Å²) in [5.41, 5.74) is 0. The van der Waals surface area contributed by atoms with Crippen molar-refractivity contribution in [3.8, 4) is 0 Å². The van der Waals surface area contributed by atoms with Gasteiger partial charge in [0.1, 0.15) is 24.4 Å². The van der Waals surface area contributed by atoms with Crippen LogP contribution in [0.25, 0.3) is 0 Å². The van der Waals surface area contributed by atoms with Gasteiger partial charge in [-0.3, -0.25) is 4.79 Å². The van der Waals surface area contributed by atoms with Crippen LogP contribution in [0, 0.1) is 0 Å². The predicted octanol–water partition coefficient (Wildman–Crippen LogP) is 10.4. The third kappa shape index (κ3) is 30.6. The van der Waals surface area contributed by atoms with Crippen LogP contribution in [0.5, 0.6) is 0 Å². The van der Waals surface area contributed by atoms with Crippen molar-refractivity contribution in [1.82, 2.24) is 5.32 Å². The fourth-order valence-electron chi connectivity index (χ4n) is 7.16. The van der Waals surface area contributed by atoms with Crippen LogP contribution in [0.2, 0.25) is 0 Å². The van der Waals surface area contributed by atoms with E-state index in [0.29, 0.717) is 6.42 Å². The van der Waals surface area contributed by atoms with Crippen LogP contribution < -0.4 is 5.32 Å². The zero-order chi connectivity index (χ0) is 43.0. The number of aliphatic hydroxyl groups excluding tert-OH is 5. The first-order valence-corrected chi connectivity index (χ1v) is 24.0. The summed E-state index contributed by atoms with van der Waals surface area (Å²) in [7, 11) is 0. The van der Waals surface area contributed by atoms with Crippen molar-refractivity contribution in [1.29, 1.82) is 0 Å². The maximum Gasteiger partial charge on any atom is 0.220 e. The lowest BCUT2D eigenvalue weighted by Crippen LogP contribution is -2.60. The predicted molar refractivity (Wildman–Crippen MR) is 244 cm³/mol. The van der Waals surface area contributed by atoms with E-state index in [1.54, 1.807) is 6.08 Å². The van der Waals surface area contributed by atoms with Crippen molar-refractivity contribution in [3.05, 3.63) is 60.8 Å². The number of carbonyl (C=O) groups excluding carboxylic acids is 1. The quantitative estimate of drug-likeness (QED) is 0.0265. The second-order valence-corrected chi connectivity index (χ2v) is 16.5. The Hall–Kier alpha value is -2.11. The van der Waals surface area contributed by atoms with Gasteiger partial charge in [0.05, 0.1) is 25.4 Å². The molecule has 59 heavy (non-hydrogen) atoms. The Bertz CT molecular complexity index is 1100. The van der Waals surface area contributed by atoms with Crippen LogP contribution in [0.4, 0.5) is 0 Å². The molecular weight excluding hydrogens is 743 g/mol. The monoisotopic (exact) mass is 832 g/mol. The lowest BCUT2D eigenvalue weighted by atomic mass is 9.99. The Morgan fingerprint density at radius 2 is 1.02 bits per heavy atom. The Labute approximate surface area is 360 Å². The van der Waals surface area contributed by atoms with Crippen molar-refractivity contribution >= 4 is 5.91 Å². The summed E-state index contributed by atoms with van der Waals surface area (Å²) < 4.78 is 11.2. The van der Waals surface area contributed by atoms with Gasteiger partial charge in [-0.1, -0.05) is 171 Å². The molecule has 0 radical (unpaired) electrons. The number of carbonyl (C=O) groups is 1. The zero-order valence-electron chi connectivity index (χ0n) is 37.5. The number of unbranched alkanes of at least 4 members (excludes halogenated alkanes) is 21. The second-order valence-electron chi connectivity index (χ2n) is 16.5. The minimum atomic E-state index is -1.58. The fourth-order valence-corrected chi connectivity index (χ4v) is 7.16. The van der Waals surface area contributed by atoms with Crippen molar-refractivity contribution in [3.63, 3.8) is 0 Å². The van der Waals surface area contributed by atoms with Crippen molar-refractivity contribution in [2.45, 2.75) is 236 Å². The highest BCUT2D eigenvalue weighted by atomic mass is 16.7. The molecule has 7 atom stereocenters. The first-order valence-electron chi connectivity index (χ1n) is 24.0. The SMILES string of the molecule is CCCCC/C=C\C/C=C\CCCCCCCCCC(=O)NC(COC1OC(CO)C(O)C(O)C1O)C(O)/C=C/CC/C=C/CC/C=C/CCCCCCCCCCC. The summed E-state index contributed by atoms with van der Waals surface area (Å²) in [6, 6.07) is -0.833. The van der Waals surface area contributed by atoms with Crippen LogP contribution in [0.3, 0.4) is 0 Å². The zero-order valence-corrected chi connectivity index (χ0v) is 37.5. The molecule has 1 amide bonds. The van der Waals surface area contributed by atoms with Gasteiger partial charge in [0.25, 0.3) is 0 Å². The molecule has 0 aromatic carbocycles. The lowest BCUT2D eigenvalue weighted by Gasteiger charge is -2.40. The summed E-state index contributed by atoms with van der Waals surface area (Å²) in [6.07, 6.45) is 45.4. The van der Waals surface area contributed by atoms with E-state index in [4.69, 9.17) is 9.47 Å². The van der Waals surface area contributed by atoms with Crippen LogP contribution in [-0.4, -0.2) is 87.5 Å². The maximum absolute atomic E-state index is 13.0. The summed E-state index contributed by atoms with van der Waals surface area (Å²) in [5.74, 6) is -0.201. The van der Waals surface area contributed by atoms with Crippen LogP contribution in [0.15, 0.2) is 60.8 Å². The number of aliphatic hydroxyl groups is 5. The summed E-state index contributed by atoms with van der Waals surface area (Å²) in [5, 5.41) is 54.2. The molecule has 0 aromatic rings. The Morgan fingerprint density at radius 3 is 1.56 bits per heavy atom. The molecule has 0 saturated carbocycles. The molecule has 0 spiro atoms. The fraction of sp³-hybridized carbons (Fsp3) is 0.780. The number of nitrogens with one attached hydrogen (secondary N) is 1. The van der Waals surface area contributed by atoms with Gasteiger partial charge >= 0.3 is 0 Å². The van der Waals surface area contributed by atoms with Gasteiger partial charge in [-0.25, -0.2) is 0 Å². The first kappa shape index (κ1) is 54.9. The van der Waals surface area contributed by atoms with E-state index in [0.717, 1.165) is 64.2 Å². The van der Waals surface area contributed by atoms with Crippen molar-refractivity contribution in [2.24, 2.45) is 0 Å². The molecule has 1 heterocycles. The number of amides is 1. The minimum Gasteiger partial charge on any atom is -0.394 e. The average Bonchev–Trinajstić information content (AvgIpc) is 3.23. The molecule has 0 aliphatic carbocycles. The molecule has 6 N–H and O–H groups in total. The number of ether oxygens (including phenoxy) is 2. The molecule has 1 aliphatic rings. The molecular formula is C50H89NO8. The first-order chi connectivity index (χ1) is 28.8. The molecule has 1 fully saturated rings. The molecule has 1 aliphatic heterocycles. The van der Waals surface area contributed by atoms with Crippen LogP contribution >= 0.6 is 0 Å². The molecule has 9 nitrogen and oxygen atoms in total. The van der Waals surface area contributed by atoms with E-state index in [9.17, 15) is 30.3 Å². The molecule has 1 saturated heterocycles. The van der Waals surface area contributed by atoms with Gasteiger partial charge < -0.3 is 40.3 Å². The topological polar surface area (TPSA) is 149 Å². The highest BCUT2D eigenvalue weighted by Crippen LogP contribution is 2.22. The normalized spacial score (nSPS) is 21.2. The molecule has 342 valence electrons. The van der Waals surface area contributed by atoms with Gasteiger partial charge in [-0.2, -0.15) is 0 Å². The van der Waals surface area contributed by atoms with Gasteiger partial charge in [0.15, 0.2) is 6.29 Å². The lowest BCUT2D eigenvalue weighted by molar-refractivity contribution is -0.302. The molecule has 0 aromatic heterocycles. The van der Waals surface area contributed by atoms with Crippen LogP contribution in [-0.2, 0) is 14.3 Å². The Kier molecular flexibility index (Phi) is 37.2. The maximum atomic E-state index is 13.0. The van der Waals surface area contributed by atoms with Gasteiger partial charge in [0, 0.05) is 6.42 Å². The molecule has 1 rings (SSSR count). The smallest absolute Gasteiger partial charge is 0.220 e. The number of allylic oxidation sites excluding steroid dienone is 9. The van der Waals surface area contributed by atoms with Gasteiger partial charge in [-0.15, -0.1) is 0 Å². The van der Waals surface area contributed by atoms with E-state index < -0.39 is 49.5 Å². The van der Waals surface area contributed by atoms with E-state index in [2.05, 4.69) is 67.8 Å². The Balaban J connectivity index is 2.39. The third-order valence-corrected chi connectivity index (χ3v) is 11.0. The number of hydrogen-bond acceptors (Lipinski definition) is 8. The standard InChI is InChI=1S/C50H89NO8/c1-3-5-7-9-11-13-15-17-19-21-22-24-25-27-29-31-33-35-37-39-44(53)43(42-58-50-49(57)48(56)47(55)45(41-52)59-50)51-46(54)40-38-36-34-32-30-28-26-23-20-18-16-14-12-10-8-6-4-2/h12,14,18,20,22,24,29,31,37,39,43-45,47-50,52-53,55-57H,3-11,13,15-17,19,21,23,25-28,30,32-36,38,40-42H2,1-2H3,(H,51,54)/b14-12-,20-18-,24-22+,31-29+,39-37+. The highest BCUT2D eigenvalue weighted by molar-refractivity contribution is 5.76. The molecule has 0 bridgehead atoms. The minimum absolute atomic E-state index is 0.201. The molecule has 9 heteroatoms. The van der Waals surface area contributed by atoms with Crippen molar-refractivity contribution < 1.29 is 39.8 Å². The van der Waals surface area contributed by atoms with E-state index in [1.165, 1.54) is 109 Å². The van der Waals surface area contributed by atoms with E-state index in [-0.39, 0.29) is 12.5 Å². The van der Waals surface area contributed by atoms with Crippen molar-refractivity contribution in [2.75, 3.05) is 13.2 Å². The Morgan fingerprint density at radius 1 is 0.576 bits per heavy atom. The second kappa shape index (κ2) is 40.0. The average molecular weight is 832 g/mol. The van der Waals surface area contributed by atoms with E-state index >= 15 is 0 Å². The van der Waals surface area contributed by atoms with Crippen LogP contribution in [0.1, 0.15) is 194 Å². The summed E-state index contributed by atoms with van der Waals surface area (Å²) >= 11 is 0. The highest BCUT2D eigenvalue weighted by Gasteiger charge is 2.44. The number of hydrogen-bond donors (Lipinski definition) is 6. The van der Waals surface area contributed by atoms with Gasteiger partial charge in [-0.05, 0) is 77.0 Å².